The highest BCUT2D eigenvalue weighted by molar-refractivity contribution is 6.70. The molecular formula is C11H28O2Si2. The Morgan fingerprint density at radius 2 is 1.13 bits per heavy atom. The van der Waals surface area contributed by atoms with E-state index < -0.39 is 16.6 Å². The summed E-state index contributed by atoms with van der Waals surface area (Å²) in [7, 11) is -2.71. The molecule has 0 heterocycles. The second-order valence-corrected chi connectivity index (χ2v) is 15.1. The largest absolute Gasteiger partial charge is 0.417 e. The fourth-order valence-corrected chi connectivity index (χ4v) is 2.49. The molecule has 0 fully saturated rings. The van der Waals surface area contributed by atoms with E-state index in [0.717, 1.165) is 19.6 Å². The third-order valence-electron chi connectivity index (χ3n) is 2.08. The van der Waals surface area contributed by atoms with Crippen molar-refractivity contribution in [3.8, 4) is 0 Å². The van der Waals surface area contributed by atoms with Crippen LogP contribution >= 0.6 is 0 Å². The van der Waals surface area contributed by atoms with E-state index in [4.69, 9.17) is 8.85 Å². The molecule has 0 atom stereocenters. The summed E-state index contributed by atoms with van der Waals surface area (Å²) in [5.74, 6) is 0.573. The van der Waals surface area contributed by atoms with Gasteiger partial charge < -0.3 is 8.85 Å². The van der Waals surface area contributed by atoms with Gasteiger partial charge in [-0.25, -0.2) is 0 Å². The van der Waals surface area contributed by atoms with Gasteiger partial charge in [0.15, 0.2) is 16.6 Å². The molecule has 2 nitrogen and oxygen atoms in total. The fourth-order valence-electron chi connectivity index (χ4n) is 1.02. The molecule has 0 unspecified atom stereocenters. The zero-order valence-corrected chi connectivity index (χ0v) is 13.5. The van der Waals surface area contributed by atoms with Crippen LogP contribution in [0.1, 0.15) is 13.3 Å². The van der Waals surface area contributed by atoms with Crippen LogP contribution in [0.4, 0.5) is 0 Å². The molecular weight excluding hydrogens is 220 g/mol. The predicted octanol–water partition coefficient (Wildman–Crippen LogP) is 3.72. The van der Waals surface area contributed by atoms with Gasteiger partial charge in [0.1, 0.15) is 0 Å². The summed E-state index contributed by atoms with van der Waals surface area (Å²) < 4.78 is 11.8. The van der Waals surface area contributed by atoms with Gasteiger partial charge in [-0.05, 0) is 45.7 Å². The fraction of sp³-hybridized carbons (Fsp3) is 1.00. The Morgan fingerprint density at radius 1 is 0.800 bits per heavy atom. The van der Waals surface area contributed by atoms with Crippen molar-refractivity contribution >= 4 is 16.6 Å². The van der Waals surface area contributed by atoms with Crippen LogP contribution in [0.25, 0.3) is 0 Å². The summed E-state index contributed by atoms with van der Waals surface area (Å²) >= 11 is 0. The van der Waals surface area contributed by atoms with Crippen molar-refractivity contribution in [2.45, 2.75) is 52.6 Å². The van der Waals surface area contributed by atoms with Crippen molar-refractivity contribution < 1.29 is 8.85 Å². The first-order valence-corrected chi connectivity index (χ1v) is 12.7. The van der Waals surface area contributed by atoms with Crippen LogP contribution in [0.15, 0.2) is 0 Å². The first kappa shape index (κ1) is 15.4. The molecule has 0 amide bonds. The molecule has 0 aromatic carbocycles. The van der Waals surface area contributed by atoms with E-state index in [-0.39, 0.29) is 0 Å². The molecule has 0 aromatic heterocycles. The van der Waals surface area contributed by atoms with Crippen molar-refractivity contribution in [3.05, 3.63) is 0 Å². The Bertz CT molecular complexity index is 152. The quantitative estimate of drug-likeness (QED) is 0.639. The summed E-state index contributed by atoms with van der Waals surface area (Å²) in [5.41, 5.74) is 0. The van der Waals surface area contributed by atoms with Crippen LogP contribution in [0.5, 0.6) is 0 Å². The highest BCUT2D eigenvalue weighted by atomic mass is 28.4. The highest BCUT2D eigenvalue weighted by Crippen LogP contribution is 2.12. The van der Waals surface area contributed by atoms with Gasteiger partial charge in [-0.15, -0.1) is 0 Å². The van der Waals surface area contributed by atoms with E-state index >= 15 is 0 Å². The maximum absolute atomic E-state index is 5.92. The molecule has 0 radical (unpaired) electrons. The molecule has 0 bridgehead atoms. The van der Waals surface area contributed by atoms with Gasteiger partial charge >= 0.3 is 0 Å². The molecule has 0 rings (SSSR count). The molecule has 4 heteroatoms. The molecule has 0 N–H and O–H groups in total. The van der Waals surface area contributed by atoms with Gasteiger partial charge in [-0.3, -0.25) is 0 Å². The van der Waals surface area contributed by atoms with E-state index in [1.54, 1.807) is 0 Å². The lowest BCUT2D eigenvalue weighted by Gasteiger charge is -2.25. The number of hydrogen-bond donors (Lipinski definition) is 0. The lowest BCUT2D eigenvalue weighted by molar-refractivity contribution is 0.166. The third-order valence-corrected chi connectivity index (χ3v) is 4.15. The summed E-state index contributed by atoms with van der Waals surface area (Å²) in [6, 6.07) is 0. The minimum absolute atomic E-state index is 0.573. The van der Waals surface area contributed by atoms with E-state index in [1.165, 1.54) is 0 Å². The molecule has 15 heavy (non-hydrogen) atoms. The van der Waals surface area contributed by atoms with Gasteiger partial charge in [0.25, 0.3) is 0 Å². The monoisotopic (exact) mass is 248 g/mol. The van der Waals surface area contributed by atoms with E-state index in [2.05, 4.69) is 46.2 Å². The lowest BCUT2D eigenvalue weighted by atomic mass is 10.1. The summed E-state index contributed by atoms with van der Waals surface area (Å²) in [6.45, 7) is 17.4. The van der Waals surface area contributed by atoms with Crippen molar-refractivity contribution in [2.75, 3.05) is 13.2 Å². The van der Waals surface area contributed by atoms with Crippen LogP contribution in [-0.2, 0) is 8.85 Å². The van der Waals surface area contributed by atoms with Gasteiger partial charge in [-0.1, -0.05) is 6.92 Å². The Labute approximate surface area is 97.6 Å². The zero-order valence-electron chi connectivity index (χ0n) is 11.5. The van der Waals surface area contributed by atoms with Crippen LogP contribution in [0, 0.1) is 5.92 Å². The van der Waals surface area contributed by atoms with E-state index in [9.17, 15) is 0 Å². The van der Waals surface area contributed by atoms with E-state index in [1.807, 2.05) is 0 Å². The van der Waals surface area contributed by atoms with Gasteiger partial charge in [0.05, 0.1) is 0 Å². The Balaban J connectivity index is 3.84. The zero-order chi connectivity index (χ0) is 12.1. The van der Waals surface area contributed by atoms with Gasteiger partial charge in [0, 0.05) is 19.1 Å². The second kappa shape index (κ2) is 6.18. The topological polar surface area (TPSA) is 18.5 Å². The molecule has 0 aliphatic heterocycles. The van der Waals surface area contributed by atoms with Crippen LogP contribution in [0.2, 0.25) is 39.3 Å². The molecule has 92 valence electrons. The summed E-state index contributed by atoms with van der Waals surface area (Å²) in [5, 5.41) is 0. The lowest BCUT2D eigenvalue weighted by Crippen LogP contribution is -2.33. The number of rotatable bonds is 7. The third kappa shape index (κ3) is 10.6. The second-order valence-electron chi connectivity index (χ2n) is 6.12. The summed E-state index contributed by atoms with van der Waals surface area (Å²) in [4.78, 5) is 0. The van der Waals surface area contributed by atoms with Crippen molar-refractivity contribution in [1.82, 2.24) is 0 Å². The Kier molecular flexibility index (Phi) is 6.32. The van der Waals surface area contributed by atoms with Crippen molar-refractivity contribution in [1.29, 1.82) is 0 Å². The molecule has 0 aliphatic rings. The maximum Gasteiger partial charge on any atom is 0.183 e. The Morgan fingerprint density at radius 3 is 1.33 bits per heavy atom. The average molecular weight is 249 g/mol. The van der Waals surface area contributed by atoms with Crippen molar-refractivity contribution in [2.24, 2.45) is 5.92 Å². The minimum Gasteiger partial charge on any atom is -0.417 e. The number of hydrogen-bond acceptors (Lipinski definition) is 2. The van der Waals surface area contributed by atoms with Crippen molar-refractivity contribution in [3.63, 3.8) is 0 Å². The molecule has 0 aliphatic carbocycles. The standard InChI is InChI=1S/C11H28O2Si2/c1-8-11(9-12-14(2,3)4)10-13-15(5,6)7/h11H,8-10H2,1-7H3. The molecule has 0 spiro atoms. The SMILES string of the molecule is CCC(CO[Si](C)(C)C)CO[Si](C)(C)C. The summed E-state index contributed by atoms with van der Waals surface area (Å²) in [6.07, 6.45) is 1.15. The minimum atomic E-state index is -1.36. The molecule has 0 saturated heterocycles. The van der Waals surface area contributed by atoms with Gasteiger partial charge in [-0.2, -0.15) is 0 Å². The maximum atomic E-state index is 5.92. The van der Waals surface area contributed by atoms with Crippen LogP contribution < -0.4 is 0 Å². The molecule has 0 saturated carbocycles. The smallest absolute Gasteiger partial charge is 0.183 e. The molecule has 0 aromatic rings. The first-order chi connectivity index (χ1) is 6.64. The van der Waals surface area contributed by atoms with Crippen LogP contribution in [-0.4, -0.2) is 29.8 Å². The Hall–Kier alpha value is 0.354. The predicted molar refractivity (Wildman–Crippen MR) is 72.4 cm³/mol. The highest BCUT2D eigenvalue weighted by Gasteiger charge is 2.20. The first-order valence-electron chi connectivity index (χ1n) is 5.92. The van der Waals surface area contributed by atoms with Crippen LogP contribution in [0.3, 0.4) is 0 Å². The average Bonchev–Trinajstić information content (AvgIpc) is 2.00. The normalized spacial score (nSPS) is 13.6. The van der Waals surface area contributed by atoms with E-state index in [0.29, 0.717) is 5.92 Å². The van der Waals surface area contributed by atoms with Gasteiger partial charge in [0.2, 0.25) is 0 Å².